The van der Waals surface area contributed by atoms with Gasteiger partial charge in [-0.3, -0.25) is 10.1 Å². The van der Waals surface area contributed by atoms with Gasteiger partial charge in [-0.1, -0.05) is 25.4 Å². The van der Waals surface area contributed by atoms with Crippen LogP contribution in [0.15, 0.2) is 6.33 Å². The quantitative estimate of drug-likeness (QED) is 0.417. The zero-order chi connectivity index (χ0) is 15.1. The SMILES string of the molecule is CCC(CC)N(CCOC)c1ncnc(Cl)c1[N+](=O)[O-]. The van der Waals surface area contributed by atoms with E-state index in [0.717, 1.165) is 12.8 Å². The molecule has 0 aliphatic rings. The van der Waals surface area contributed by atoms with Gasteiger partial charge in [-0.05, 0) is 12.8 Å². The number of anilines is 1. The molecule has 20 heavy (non-hydrogen) atoms. The molecule has 1 aromatic rings. The number of rotatable bonds is 8. The first-order valence-electron chi connectivity index (χ1n) is 6.47. The van der Waals surface area contributed by atoms with Crippen molar-refractivity contribution in [3.8, 4) is 0 Å². The summed E-state index contributed by atoms with van der Waals surface area (Å²) in [7, 11) is 1.59. The minimum Gasteiger partial charge on any atom is -0.383 e. The van der Waals surface area contributed by atoms with Crippen LogP contribution in [0.3, 0.4) is 0 Å². The van der Waals surface area contributed by atoms with E-state index in [-0.39, 0.29) is 22.7 Å². The third-order valence-corrected chi connectivity index (χ3v) is 3.41. The number of ether oxygens (including phenoxy) is 1. The maximum atomic E-state index is 11.2. The van der Waals surface area contributed by atoms with E-state index in [9.17, 15) is 10.1 Å². The Kier molecular flexibility index (Phi) is 6.60. The zero-order valence-corrected chi connectivity index (χ0v) is 12.6. The molecular weight excluding hydrogens is 284 g/mol. The maximum absolute atomic E-state index is 11.2. The van der Waals surface area contributed by atoms with Gasteiger partial charge in [0, 0.05) is 19.7 Å². The molecule has 0 aromatic carbocycles. The highest BCUT2D eigenvalue weighted by atomic mass is 35.5. The summed E-state index contributed by atoms with van der Waals surface area (Å²) in [4.78, 5) is 20.3. The van der Waals surface area contributed by atoms with E-state index in [1.807, 2.05) is 18.7 Å². The molecule has 0 atom stereocenters. The van der Waals surface area contributed by atoms with Crippen LogP contribution >= 0.6 is 11.6 Å². The number of methoxy groups -OCH3 is 1. The minimum atomic E-state index is -0.542. The second-order valence-electron chi connectivity index (χ2n) is 4.25. The van der Waals surface area contributed by atoms with E-state index < -0.39 is 4.92 Å². The topological polar surface area (TPSA) is 81.4 Å². The Bertz CT molecular complexity index is 454. The third kappa shape index (κ3) is 3.77. The van der Waals surface area contributed by atoms with Crippen LogP contribution in [0.4, 0.5) is 11.5 Å². The number of hydrogen-bond acceptors (Lipinski definition) is 6. The van der Waals surface area contributed by atoms with Gasteiger partial charge in [0.05, 0.1) is 11.5 Å². The predicted molar refractivity (Wildman–Crippen MR) is 77.3 cm³/mol. The Morgan fingerprint density at radius 1 is 1.45 bits per heavy atom. The van der Waals surface area contributed by atoms with Crippen molar-refractivity contribution in [2.24, 2.45) is 0 Å². The van der Waals surface area contributed by atoms with Crippen molar-refractivity contribution in [1.82, 2.24) is 9.97 Å². The van der Waals surface area contributed by atoms with Crippen molar-refractivity contribution in [2.75, 3.05) is 25.2 Å². The molecule has 0 radical (unpaired) electrons. The Morgan fingerprint density at radius 2 is 2.10 bits per heavy atom. The Balaban J connectivity index is 3.25. The first kappa shape index (κ1) is 16.6. The second kappa shape index (κ2) is 7.96. The van der Waals surface area contributed by atoms with Crippen LogP contribution in [0.25, 0.3) is 0 Å². The fraction of sp³-hybridized carbons (Fsp3) is 0.667. The molecular formula is C12H19ClN4O3. The largest absolute Gasteiger partial charge is 0.383 e. The molecule has 8 heteroatoms. The van der Waals surface area contributed by atoms with Crippen LogP contribution in [0.5, 0.6) is 0 Å². The monoisotopic (exact) mass is 302 g/mol. The van der Waals surface area contributed by atoms with Gasteiger partial charge in [0.15, 0.2) is 0 Å². The molecule has 0 spiro atoms. The third-order valence-electron chi connectivity index (χ3n) is 3.13. The van der Waals surface area contributed by atoms with E-state index in [4.69, 9.17) is 16.3 Å². The molecule has 1 rings (SSSR count). The number of nitrogens with zero attached hydrogens (tertiary/aromatic N) is 4. The molecule has 0 N–H and O–H groups in total. The molecule has 0 saturated heterocycles. The average molecular weight is 303 g/mol. The number of aromatic nitrogens is 2. The Labute approximate surface area is 123 Å². The molecule has 1 heterocycles. The summed E-state index contributed by atoms with van der Waals surface area (Å²) in [6, 6.07) is 0.134. The Hall–Kier alpha value is -1.47. The summed E-state index contributed by atoms with van der Waals surface area (Å²) in [5.74, 6) is 0.251. The van der Waals surface area contributed by atoms with Gasteiger partial charge >= 0.3 is 5.69 Å². The summed E-state index contributed by atoms with van der Waals surface area (Å²) < 4.78 is 5.08. The van der Waals surface area contributed by atoms with Crippen LogP contribution in [0.1, 0.15) is 26.7 Å². The van der Waals surface area contributed by atoms with Crippen molar-refractivity contribution in [2.45, 2.75) is 32.7 Å². The van der Waals surface area contributed by atoms with Crippen LogP contribution in [0, 0.1) is 10.1 Å². The predicted octanol–water partition coefficient (Wildman–Crippen LogP) is 2.68. The Morgan fingerprint density at radius 3 is 2.60 bits per heavy atom. The molecule has 0 unspecified atom stereocenters. The van der Waals surface area contributed by atoms with Crippen molar-refractivity contribution < 1.29 is 9.66 Å². The summed E-state index contributed by atoms with van der Waals surface area (Å²) in [6.07, 6.45) is 2.94. The number of hydrogen-bond donors (Lipinski definition) is 0. The smallest absolute Gasteiger partial charge is 0.348 e. The summed E-state index contributed by atoms with van der Waals surface area (Å²) in [5.41, 5.74) is -0.253. The lowest BCUT2D eigenvalue weighted by Crippen LogP contribution is -2.38. The first-order chi connectivity index (χ1) is 9.56. The summed E-state index contributed by atoms with van der Waals surface area (Å²) in [6.45, 7) is 5.03. The standard InChI is InChI=1S/C12H19ClN4O3/c1-4-9(5-2)16(6-7-20-3)12-10(17(18)19)11(13)14-8-15-12/h8-9H,4-7H2,1-3H3. The molecule has 0 aliphatic heterocycles. The van der Waals surface area contributed by atoms with Crippen LogP contribution in [-0.2, 0) is 4.74 Å². The van der Waals surface area contributed by atoms with Crippen molar-refractivity contribution >= 4 is 23.1 Å². The average Bonchev–Trinajstić information content (AvgIpc) is 2.42. The molecule has 0 bridgehead atoms. The van der Waals surface area contributed by atoms with Crippen LogP contribution < -0.4 is 4.90 Å². The zero-order valence-electron chi connectivity index (χ0n) is 11.9. The van der Waals surface area contributed by atoms with E-state index >= 15 is 0 Å². The minimum absolute atomic E-state index is 0.134. The highest BCUT2D eigenvalue weighted by Gasteiger charge is 2.28. The fourth-order valence-corrected chi connectivity index (χ4v) is 2.29. The van der Waals surface area contributed by atoms with Gasteiger partial charge in [0.25, 0.3) is 0 Å². The highest BCUT2D eigenvalue weighted by Crippen LogP contribution is 2.33. The van der Waals surface area contributed by atoms with E-state index in [1.165, 1.54) is 6.33 Å². The molecule has 1 aromatic heterocycles. The first-order valence-corrected chi connectivity index (χ1v) is 6.84. The second-order valence-corrected chi connectivity index (χ2v) is 4.61. The van der Waals surface area contributed by atoms with Crippen molar-refractivity contribution in [1.29, 1.82) is 0 Å². The van der Waals surface area contributed by atoms with Gasteiger partial charge in [-0.2, -0.15) is 0 Å². The lowest BCUT2D eigenvalue weighted by molar-refractivity contribution is -0.384. The van der Waals surface area contributed by atoms with Gasteiger partial charge in [0.1, 0.15) is 6.33 Å². The summed E-state index contributed by atoms with van der Waals surface area (Å²) in [5, 5.41) is 11.1. The molecule has 0 fully saturated rings. The highest BCUT2D eigenvalue weighted by molar-refractivity contribution is 6.31. The van der Waals surface area contributed by atoms with Gasteiger partial charge in [-0.15, -0.1) is 0 Å². The van der Waals surface area contributed by atoms with Crippen molar-refractivity contribution in [3.05, 3.63) is 21.6 Å². The molecule has 112 valence electrons. The van der Waals surface area contributed by atoms with Gasteiger partial charge in [-0.25, -0.2) is 9.97 Å². The maximum Gasteiger partial charge on any atom is 0.348 e. The van der Waals surface area contributed by atoms with E-state index in [2.05, 4.69) is 9.97 Å². The molecule has 0 saturated carbocycles. The van der Waals surface area contributed by atoms with Crippen LogP contribution in [0.2, 0.25) is 5.15 Å². The summed E-state index contributed by atoms with van der Waals surface area (Å²) >= 11 is 5.84. The van der Waals surface area contributed by atoms with E-state index in [0.29, 0.717) is 13.2 Å². The molecule has 0 aliphatic carbocycles. The fourth-order valence-electron chi connectivity index (χ4n) is 2.10. The van der Waals surface area contributed by atoms with E-state index in [1.54, 1.807) is 7.11 Å². The number of nitro groups is 1. The van der Waals surface area contributed by atoms with Crippen molar-refractivity contribution in [3.63, 3.8) is 0 Å². The lowest BCUT2D eigenvalue weighted by Gasteiger charge is -2.30. The normalized spacial score (nSPS) is 10.8. The lowest BCUT2D eigenvalue weighted by atomic mass is 10.1. The van der Waals surface area contributed by atoms with Gasteiger partial charge in [0.2, 0.25) is 11.0 Å². The molecule has 7 nitrogen and oxygen atoms in total. The van der Waals surface area contributed by atoms with Gasteiger partial charge < -0.3 is 9.64 Å². The molecule has 0 amide bonds. The van der Waals surface area contributed by atoms with Crippen LogP contribution in [-0.4, -0.2) is 41.2 Å². The number of halogens is 1.